The molecule has 0 spiro atoms. The van der Waals surface area contributed by atoms with Crippen molar-refractivity contribution in [2.24, 2.45) is 11.8 Å². The first-order valence-electron chi connectivity index (χ1n) is 8.25. The van der Waals surface area contributed by atoms with Gasteiger partial charge in [0, 0.05) is 19.8 Å². The summed E-state index contributed by atoms with van der Waals surface area (Å²) >= 11 is 0. The van der Waals surface area contributed by atoms with E-state index < -0.39 is 0 Å². The molecule has 2 aliphatic heterocycles. The van der Waals surface area contributed by atoms with Crippen LogP contribution in [0.1, 0.15) is 39.5 Å². The van der Waals surface area contributed by atoms with Crippen LogP contribution in [-0.4, -0.2) is 61.7 Å². The van der Waals surface area contributed by atoms with Gasteiger partial charge in [0.05, 0.1) is 18.8 Å². The second-order valence-electron chi connectivity index (χ2n) is 6.68. The molecule has 0 aliphatic carbocycles. The minimum absolute atomic E-state index is 0.282. The maximum Gasteiger partial charge on any atom is 0.0900 e. The number of likely N-dealkylation sites (tertiary alicyclic amines) is 1. The Morgan fingerprint density at radius 1 is 1.15 bits per heavy atom. The highest BCUT2D eigenvalue weighted by Gasteiger charge is 2.23. The monoisotopic (exact) mass is 285 g/mol. The van der Waals surface area contributed by atoms with Crippen molar-refractivity contribution in [2.45, 2.75) is 51.7 Å². The maximum atomic E-state index is 10.1. The van der Waals surface area contributed by atoms with Gasteiger partial charge < -0.3 is 19.5 Å². The Labute approximate surface area is 123 Å². The first kappa shape index (κ1) is 16.2. The summed E-state index contributed by atoms with van der Waals surface area (Å²) in [5, 5.41) is 10.1. The van der Waals surface area contributed by atoms with Gasteiger partial charge in [0.1, 0.15) is 0 Å². The van der Waals surface area contributed by atoms with Gasteiger partial charge in [0.25, 0.3) is 0 Å². The summed E-state index contributed by atoms with van der Waals surface area (Å²) in [6, 6.07) is 0. The number of ether oxygens (including phenoxy) is 2. The van der Waals surface area contributed by atoms with Crippen LogP contribution in [0.5, 0.6) is 0 Å². The molecule has 1 N–H and O–H groups in total. The zero-order valence-electron chi connectivity index (χ0n) is 13.1. The first-order chi connectivity index (χ1) is 9.65. The fraction of sp³-hybridized carbons (Fsp3) is 1.00. The highest BCUT2D eigenvalue weighted by atomic mass is 16.5. The van der Waals surface area contributed by atoms with Gasteiger partial charge in [-0.2, -0.15) is 0 Å². The van der Waals surface area contributed by atoms with Gasteiger partial charge in [-0.15, -0.1) is 0 Å². The Bertz CT molecular complexity index is 258. The minimum atomic E-state index is -0.353. The maximum absolute atomic E-state index is 10.1. The van der Waals surface area contributed by atoms with E-state index in [1.165, 1.54) is 12.8 Å². The number of piperidine rings is 1. The highest BCUT2D eigenvalue weighted by molar-refractivity contribution is 4.76. The molecule has 0 radical (unpaired) electrons. The lowest BCUT2D eigenvalue weighted by molar-refractivity contribution is -0.0655. The molecule has 1 atom stereocenters. The normalized spacial score (nSPS) is 25.2. The Morgan fingerprint density at radius 3 is 2.40 bits per heavy atom. The predicted octanol–water partition coefficient (Wildman–Crippen LogP) is 1.91. The molecule has 1 unspecified atom stereocenters. The summed E-state index contributed by atoms with van der Waals surface area (Å²) in [6.45, 7) is 9.69. The van der Waals surface area contributed by atoms with Gasteiger partial charge in [0.15, 0.2) is 0 Å². The van der Waals surface area contributed by atoms with E-state index in [4.69, 9.17) is 9.47 Å². The van der Waals surface area contributed by atoms with Crippen molar-refractivity contribution in [2.75, 3.05) is 39.5 Å². The smallest absolute Gasteiger partial charge is 0.0900 e. The molecule has 118 valence electrons. The zero-order valence-corrected chi connectivity index (χ0v) is 13.1. The Balaban J connectivity index is 1.58. The molecule has 4 nitrogen and oxygen atoms in total. The Kier molecular flexibility index (Phi) is 6.75. The summed E-state index contributed by atoms with van der Waals surface area (Å²) in [4.78, 5) is 2.39. The molecular formula is C16H31NO3. The fourth-order valence-corrected chi connectivity index (χ4v) is 3.24. The van der Waals surface area contributed by atoms with Crippen LogP contribution in [0.3, 0.4) is 0 Å². The molecule has 0 bridgehead atoms. The van der Waals surface area contributed by atoms with Crippen molar-refractivity contribution in [3.05, 3.63) is 0 Å². The van der Waals surface area contributed by atoms with E-state index in [-0.39, 0.29) is 12.2 Å². The van der Waals surface area contributed by atoms with Crippen LogP contribution in [0.2, 0.25) is 0 Å². The fourth-order valence-electron chi connectivity index (χ4n) is 3.24. The Morgan fingerprint density at radius 2 is 1.80 bits per heavy atom. The van der Waals surface area contributed by atoms with E-state index in [1.54, 1.807) is 0 Å². The number of nitrogens with zero attached hydrogens (tertiary/aromatic N) is 1. The third-order valence-electron chi connectivity index (χ3n) is 4.74. The van der Waals surface area contributed by atoms with Gasteiger partial charge in [-0.1, -0.05) is 13.8 Å². The second kappa shape index (κ2) is 8.32. The van der Waals surface area contributed by atoms with Crippen molar-refractivity contribution >= 4 is 0 Å². The molecule has 2 rings (SSSR count). The standard InChI is InChI=1S/C16H31NO3/c1-13(2)14-3-7-17(8-4-14)11-15(18)12-20-16-5-9-19-10-6-16/h13-16,18H,3-12H2,1-2H3. The highest BCUT2D eigenvalue weighted by Crippen LogP contribution is 2.24. The average molecular weight is 285 g/mol. The summed E-state index contributed by atoms with van der Waals surface area (Å²) in [5.41, 5.74) is 0. The zero-order chi connectivity index (χ0) is 14.4. The second-order valence-corrected chi connectivity index (χ2v) is 6.68. The van der Waals surface area contributed by atoms with Crippen LogP contribution >= 0.6 is 0 Å². The van der Waals surface area contributed by atoms with Gasteiger partial charge in [-0.3, -0.25) is 0 Å². The van der Waals surface area contributed by atoms with E-state index >= 15 is 0 Å². The molecule has 4 heteroatoms. The molecule has 0 amide bonds. The van der Waals surface area contributed by atoms with Crippen molar-refractivity contribution in [3.8, 4) is 0 Å². The Hall–Kier alpha value is -0.160. The number of β-amino-alcohol motifs (C(OH)–C–C–N with tert-alkyl or cyclic N) is 1. The van der Waals surface area contributed by atoms with E-state index in [2.05, 4.69) is 18.7 Å². The van der Waals surface area contributed by atoms with Crippen LogP contribution in [0, 0.1) is 11.8 Å². The lowest BCUT2D eigenvalue weighted by Gasteiger charge is -2.35. The molecule has 20 heavy (non-hydrogen) atoms. The summed E-state index contributed by atoms with van der Waals surface area (Å²) in [6.07, 6.45) is 4.40. The van der Waals surface area contributed by atoms with Gasteiger partial charge in [0.2, 0.25) is 0 Å². The van der Waals surface area contributed by atoms with Crippen LogP contribution in [0.4, 0.5) is 0 Å². The minimum Gasteiger partial charge on any atom is -0.389 e. The van der Waals surface area contributed by atoms with Crippen LogP contribution in [0.25, 0.3) is 0 Å². The van der Waals surface area contributed by atoms with Gasteiger partial charge >= 0.3 is 0 Å². The summed E-state index contributed by atoms with van der Waals surface area (Å²) in [5.74, 6) is 1.65. The van der Waals surface area contributed by atoms with Gasteiger partial charge in [-0.25, -0.2) is 0 Å². The SMILES string of the molecule is CC(C)C1CCN(CC(O)COC2CCOCC2)CC1. The molecule has 2 fully saturated rings. The summed E-state index contributed by atoms with van der Waals surface area (Å²) in [7, 11) is 0. The van der Waals surface area contributed by atoms with Crippen molar-refractivity contribution in [1.82, 2.24) is 4.90 Å². The molecule has 0 aromatic carbocycles. The molecule has 2 heterocycles. The number of aliphatic hydroxyl groups excluding tert-OH is 1. The van der Waals surface area contributed by atoms with E-state index in [0.717, 1.165) is 57.5 Å². The number of hydrogen-bond donors (Lipinski definition) is 1. The molecule has 0 aromatic heterocycles. The summed E-state index contributed by atoms with van der Waals surface area (Å²) < 4.78 is 11.1. The largest absolute Gasteiger partial charge is 0.389 e. The molecule has 2 aliphatic rings. The third kappa shape index (κ3) is 5.32. The molecule has 0 saturated carbocycles. The topological polar surface area (TPSA) is 41.9 Å². The lowest BCUT2D eigenvalue weighted by atomic mass is 9.87. The van der Waals surface area contributed by atoms with Crippen LogP contribution < -0.4 is 0 Å². The molecular weight excluding hydrogens is 254 g/mol. The lowest BCUT2D eigenvalue weighted by Crippen LogP contribution is -2.41. The molecule has 2 saturated heterocycles. The first-order valence-corrected chi connectivity index (χ1v) is 8.25. The average Bonchev–Trinajstić information content (AvgIpc) is 2.47. The third-order valence-corrected chi connectivity index (χ3v) is 4.74. The van der Waals surface area contributed by atoms with E-state index in [9.17, 15) is 5.11 Å². The van der Waals surface area contributed by atoms with E-state index in [1.807, 2.05) is 0 Å². The van der Waals surface area contributed by atoms with Crippen molar-refractivity contribution in [1.29, 1.82) is 0 Å². The molecule has 0 aromatic rings. The van der Waals surface area contributed by atoms with Crippen molar-refractivity contribution < 1.29 is 14.6 Å². The van der Waals surface area contributed by atoms with Crippen LogP contribution in [0.15, 0.2) is 0 Å². The van der Waals surface area contributed by atoms with Crippen LogP contribution in [-0.2, 0) is 9.47 Å². The predicted molar refractivity (Wildman–Crippen MR) is 79.8 cm³/mol. The van der Waals surface area contributed by atoms with E-state index in [0.29, 0.717) is 6.61 Å². The van der Waals surface area contributed by atoms with Gasteiger partial charge in [-0.05, 0) is 50.6 Å². The number of aliphatic hydroxyl groups is 1. The number of hydrogen-bond acceptors (Lipinski definition) is 4. The number of rotatable bonds is 6. The van der Waals surface area contributed by atoms with Crippen molar-refractivity contribution in [3.63, 3.8) is 0 Å². The quantitative estimate of drug-likeness (QED) is 0.809.